The molecule has 1 N–H and O–H groups in total. The summed E-state index contributed by atoms with van der Waals surface area (Å²) in [6.07, 6.45) is 1.85. The fourth-order valence-electron chi connectivity index (χ4n) is 3.29. The Morgan fingerprint density at radius 3 is 2.58 bits per heavy atom. The van der Waals surface area contributed by atoms with Gasteiger partial charge in [0.05, 0.1) is 18.3 Å². The zero-order valence-electron chi connectivity index (χ0n) is 15.0. The van der Waals surface area contributed by atoms with E-state index in [1.807, 2.05) is 6.92 Å². The molecular weight excluding hydrogens is 340 g/mol. The summed E-state index contributed by atoms with van der Waals surface area (Å²) < 4.78 is 29.6. The topological polar surface area (TPSA) is 63.1 Å². The summed E-state index contributed by atoms with van der Waals surface area (Å²) >= 11 is 0. The number of nitrogens with one attached hydrogen (secondary N) is 1. The van der Waals surface area contributed by atoms with Crippen LogP contribution in [-0.4, -0.2) is 45.4 Å². The molecule has 3 rings (SSSR count). The van der Waals surface area contributed by atoms with Gasteiger partial charge >= 0.3 is 0 Å². The summed E-state index contributed by atoms with van der Waals surface area (Å²) in [5.41, 5.74) is 0.808. The third-order valence-electron chi connectivity index (χ3n) is 4.86. The van der Waals surface area contributed by atoms with E-state index in [9.17, 15) is 13.6 Å². The van der Waals surface area contributed by atoms with Crippen molar-refractivity contribution in [1.82, 2.24) is 25.2 Å². The number of nitrogens with zero attached hydrogens (tertiary/aromatic N) is 4. The first-order chi connectivity index (χ1) is 12.5. The van der Waals surface area contributed by atoms with E-state index in [0.717, 1.165) is 25.9 Å². The first kappa shape index (κ1) is 18.4. The molecule has 1 aromatic carbocycles. The Kier molecular flexibility index (Phi) is 5.61. The molecule has 1 aromatic heterocycles. The highest BCUT2D eigenvalue weighted by molar-refractivity contribution is 5.93. The molecule has 1 fully saturated rings. The molecule has 8 heteroatoms. The molecule has 0 unspecified atom stereocenters. The number of carbonyl (C=O) groups excluding carboxylic acids is 1. The van der Waals surface area contributed by atoms with Crippen molar-refractivity contribution in [2.45, 2.75) is 39.3 Å². The lowest BCUT2D eigenvalue weighted by Gasteiger charge is -2.24. The van der Waals surface area contributed by atoms with Crippen molar-refractivity contribution in [2.75, 3.05) is 19.6 Å². The summed E-state index contributed by atoms with van der Waals surface area (Å²) in [6, 6.07) is 3.90. The van der Waals surface area contributed by atoms with Crippen LogP contribution in [0.1, 0.15) is 47.6 Å². The standard InChI is InChI=1S/C18H23F2N5O/c1-3-24(11-14-15(19)5-4-6-16(14)20)18(26)17-12(2)25(23-22-17)13-7-9-21-10-8-13/h4-6,13,21H,3,7-11H2,1-2H3. The predicted octanol–water partition coefficient (Wildman–Crippen LogP) is 2.45. The molecule has 1 amide bonds. The molecule has 1 saturated heterocycles. The Bertz CT molecular complexity index is 766. The van der Waals surface area contributed by atoms with Crippen LogP contribution in [-0.2, 0) is 6.54 Å². The van der Waals surface area contributed by atoms with Crippen LogP contribution >= 0.6 is 0 Å². The number of hydrogen-bond acceptors (Lipinski definition) is 4. The second-order valence-corrected chi connectivity index (χ2v) is 6.47. The van der Waals surface area contributed by atoms with E-state index in [0.29, 0.717) is 12.2 Å². The molecule has 0 bridgehead atoms. The van der Waals surface area contributed by atoms with Gasteiger partial charge in [0.1, 0.15) is 11.6 Å². The van der Waals surface area contributed by atoms with Crippen LogP contribution in [0.2, 0.25) is 0 Å². The van der Waals surface area contributed by atoms with Gasteiger partial charge in [-0.3, -0.25) is 4.79 Å². The number of benzene rings is 1. The Labute approximate surface area is 151 Å². The summed E-state index contributed by atoms with van der Waals surface area (Å²) in [4.78, 5) is 14.3. The maximum absolute atomic E-state index is 13.9. The Balaban J connectivity index is 1.82. The van der Waals surface area contributed by atoms with E-state index in [1.165, 1.54) is 23.1 Å². The highest BCUT2D eigenvalue weighted by Gasteiger charge is 2.26. The van der Waals surface area contributed by atoms with E-state index in [2.05, 4.69) is 15.6 Å². The minimum Gasteiger partial charge on any atom is -0.333 e. The van der Waals surface area contributed by atoms with Crippen LogP contribution in [0, 0.1) is 18.6 Å². The van der Waals surface area contributed by atoms with Crippen molar-refractivity contribution in [3.63, 3.8) is 0 Å². The first-order valence-electron chi connectivity index (χ1n) is 8.87. The smallest absolute Gasteiger partial charge is 0.276 e. The molecule has 0 atom stereocenters. The maximum Gasteiger partial charge on any atom is 0.276 e. The van der Waals surface area contributed by atoms with Crippen LogP contribution in [0.5, 0.6) is 0 Å². The van der Waals surface area contributed by atoms with E-state index in [1.54, 1.807) is 11.6 Å². The van der Waals surface area contributed by atoms with Gasteiger partial charge in [-0.05, 0) is 51.9 Å². The van der Waals surface area contributed by atoms with E-state index < -0.39 is 11.6 Å². The zero-order valence-corrected chi connectivity index (χ0v) is 15.0. The number of hydrogen-bond donors (Lipinski definition) is 1. The lowest BCUT2D eigenvalue weighted by atomic mass is 10.1. The van der Waals surface area contributed by atoms with Crippen molar-refractivity contribution in [3.8, 4) is 0 Å². The van der Waals surface area contributed by atoms with Crippen LogP contribution in [0.4, 0.5) is 8.78 Å². The lowest BCUT2D eigenvalue weighted by molar-refractivity contribution is 0.0742. The molecule has 26 heavy (non-hydrogen) atoms. The number of halogens is 2. The third-order valence-corrected chi connectivity index (χ3v) is 4.86. The molecule has 140 valence electrons. The molecule has 2 aromatic rings. The zero-order chi connectivity index (χ0) is 18.7. The van der Waals surface area contributed by atoms with E-state index in [-0.39, 0.29) is 29.8 Å². The van der Waals surface area contributed by atoms with Crippen molar-refractivity contribution in [1.29, 1.82) is 0 Å². The lowest BCUT2D eigenvalue weighted by Crippen LogP contribution is -2.32. The highest BCUT2D eigenvalue weighted by Crippen LogP contribution is 2.22. The number of piperidine rings is 1. The van der Waals surface area contributed by atoms with Crippen LogP contribution in [0.15, 0.2) is 18.2 Å². The molecule has 0 aliphatic carbocycles. The van der Waals surface area contributed by atoms with Crippen LogP contribution in [0.25, 0.3) is 0 Å². The van der Waals surface area contributed by atoms with E-state index >= 15 is 0 Å². The summed E-state index contributed by atoms with van der Waals surface area (Å²) in [5.74, 6) is -1.69. The molecule has 1 aliphatic rings. The van der Waals surface area contributed by atoms with Gasteiger partial charge in [0.25, 0.3) is 5.91 Å². The molecular formula is C18H23F2N5O. The predicted molar refractivity (Wildman–Crippen MR) is 92.7 cm³/mol. The minimum absolute atomic E-state index is 0.119. The van der Waals surface area contributed by atoms with Crippen molar-refractivity contribution in [2.24, 2.45) is 0 Å². The minimum atomic E-state index is -0.661. The first-order valence-corrected chi connectivity index (χ1v) is 8.87. The van der Waals surface area contributed by atoms with Gasteiger partial charge in [-0.15, -0.1) is 5.10 Å². The largest absolute Gasteiger partial charge is 0.333 e. The molecule has 0 spiro atoms. The normalized spacial score (nSPS) is 15.2. The second kappa shape index (κ2) is 7.90. The van der Waals surface area contributed by atoms with Crippen molar-refractivity contribution >= 4 is 5.91 Å². The van der Waals surface area contributed by atoms with Gasteiger partial charge in [-0.25, -0.2) is 13.5 Å². The third kappa shape index (κ3) is 3.60. The summed E-state index contributed by atoms with van der Waals surface area (Å²) in [6.45, 7) is 5.55. The summed E-state index contributed by atoms with van der Waals surface area (Å²) in [7, 11) is 0. The van der Waals surface area contributed by atoms with Gasteiger partial charge < -0.3 is 10.2 Å². The molecule has 0 radical (unpaired) electrons. The fraction of sp³-hybridized carbons (Fsp3) is 0.500. The van der Waals surface area contributed by atoms with Gasteiger partial charge in [-0.2, -0.15) is 0 Å². The number of amides is 1. The van der Waals surface area contributed by atoms with Crippen LogP contribution in [0.3, 0.4) is 0 Å². The molecule has 1 aliphatic heterocycles. The van der Waals surface area contributed by atoms with Gasteiger partial charge in [-0.1, -0.05) is 11.3 Å². The molecule has 0 saturated carbocycles. The Hall–Kier alpha value is -2.35. The molecule has 6 nitrogen and oxygen atoms in total. The number of carbonyl (C=O) groups is 1. The Morgan fingerprint density at radius 1 is 1.31 bits per heavy atom. The number of rotatable bonds is 5. The van der Waals surface area contributed by atoms with Crippen LogP contribution < -0.4 is 5.32 Å². The number of aromatic nitrogens is 3. The highest BCUT2D eigenvalue weighted by atomic mass is 19.1. The second-order valence-electron chi connectivity index (χ2n) is 6.47. The summed E-state index contributed by atoms with van der Waals surface area (Å²) in [5, 5.41) is 11.5. The van der Waals surface area contributed by atoms with Gasteiger partial charge in [0.2, 0.25) is 0 Å². The monoisotopic (exact) mass is 363 g/mol. The maximum atomic E-state index is 13.9. The average Bonchev–Trinajstić information content (AvgIpc) is 3.03. The van der Waals surface area contributed by atoms with Crippen molar-refractivity contribution < 1.29 is 13.6 Å². The van der Waals surface area contributed by atoms with Crippen molar-refractivity contribution in [3.05, 3.63) is 46.8 Å². The van der Waals surface area contributed by atoms with E-state index in [4.69, 9.17) is 0 Å². The quantitative estimate of drug-likeness (QED) is 0.886. The SMILES string of the molecule is CCN(Cc1c(F)cccc1F)C(=O)c1nnn(C2CCNCC2)c1C. The fourth-order valence-corrected chi connectivity index (χ4v) is 3.29. The van der Waals surface area contributed by atoms with Gasteiger partial charge in [0, 0.05) is 12.1 Å². The van der Waals surface area contributed by atoms with Gasteiger partial charge in [0.15, 0.2) is 5.69 Å². The molecule has 2 heterocycles. The average molecular weight is 363 g/mol. The Morgan fingerprint density at radius 2 is 1.96 bits per heavy atom.